The lowest BCUT2D eigenvalue weighted by molar-refractivity contribution is 0.00865. The first kappa shape index (κ1) is 24.1. The van der Waals surface area contributed by atoms with Gasteiger partial charge in [-0.2, -0.15) is 0 Å². The number of ether oxygens (including phenoxy) is 6. The highest BCUT2D eigenvalue weighted by molar-refractivity contribution is 5.98. The fraction of sp³-hybridized carbons (Fsp3) is 0.519. The minimum absolute atomic E-state index is 0.155. The van der Waals surface area contributed by atoms with Gasteiger partial charge in [0.15, 0.2) is 23.0 Å². The number of hydrogen-bond donors (Lipinski definition) is 1. The molecule has 0 amide bonds. The number of carbonyl (C=O) groups is 1. The molecule has 0 saturated carbocycles. The SMILES string of the molecule is COc1ccc2c(c1OC)C(=O)O[C@@H]2[C@H]1c2c(c(CN3CCNCC3)c3c(c2OC)OCO3)CCN1C. The largest absolute Gasteiger partial charge is 0.493 e. The van der Waals surface area contributed by atoms with Gasteiger partial charge in [-0.25, -0.2) is 4.79 Å². The van der Waals surface area contributed by atoms with Gasteiger partial charge in [0, 0.05) is 56.0 Å². The standard InChI is InChI=1S/C27H33N3O7/c1-29-10-7-15-17(13-30-11-8-28-9-12-30)23-26(36-14-35-23)25(34-4)19(15)21(29)22-16-5-6-18(32-2)24(33-3)20(16)27(31)37-22/h5-6,21-22,28H,7-14H2,1-4H3/t21-,22+/m1/s1. The minimum Gasteiger partial charge on any atom is -0.493 e. The third-order valence-electron chi connectivity index (χ3n) is 7.92. The summed E-state index contributed by atoms with van der Waals surface area (Å²) < 4.78 is 35.1. The molecule has 0 radical (unpaired) electrons. The number of piperazine rings is 1. The van der Waals surface area contributed by atoms with Gasteiger partial charge >= 0.3 is 5.97 Å². The van der Waals surface area contributed by atoms with Crippen molar-refractivity contribution in [2.45, 2.75) is 25.1 Å². The summed E-state index contributed by atoms with van der Waals surface area (Å²) >= 11 is 0. The summed E-state index contributed by atoms with van der Waals surface area (Å²) in [7, 11) is 6.80. The number of esters is 1. The molecule has 1 saturated heterocycles. The summed E-state index contributed by atoms with van der Waals surface area (Å²) in [5, 5.41) is 3.42. The Morgan fingerprint density at radius 2 is 1.76 bits per heavy atom. The van der Waals surface area contributed by atoms with E-state index in [1.807, 2.05) is 12.1 Å². The van der Waals surface area contributed by atoms with Crippen LogP contribution in [-0.4, -0.2) is 83.7 Å². The Labute approximate surface area is 216 Å². The second-order valence-corrected chi connectivity index (χ2v) is 9.76. The van der Waals surface area contributed by atoms with E-state index in [-0.39, 0.29) is 12.8 Å². The topological polar surface area (TPSA) is 91.0 Å². The molecule has 4 aliphatic rings. The van der Waals surface area contributed by atoms with E-state index in [9.17, 15) is 4.79 Å². The number of hydrogen-bond acceptors (Lipinski definition) is 10. The monoisotopic (exact) mass is 511 g/mol. The Morgan fingerprint density at radius 3 is 2.49 bits per heavy atom. The van der Waals surface area contributed by atoms with Gasteiger partial charge < -0.3 is 33.7 Å². The third-order valence-corrected chi connectivity index (χ3v) is 7.92. The Bertz CT molecular complexity index is 1230. The minimum atomic E-state index is -0.548. The predicted molar refractivity (Wildman–Crippen MR) is 134 cm³/mol. The number of rotatable bonds is 6. The lowest BCUT2D eigenvalue weighted by Gasteiger charge is -2.40. The number of benzene rings is 2. The van der Waals surface area contributed by atoms with Crippen LogP contribution in [0.4, 0.5) is 0 Å². The zero-order valence-electron chi connectivity index (χ0n) is 21.7. The van der Waals surface area contributed by atoms with Crippen molar-refractivity contribution in [3.8, 4) is 28.7 Å². The number of cyclic esters (lactones) is 1. The quantitative estimate of drug-likeness (QED) is 0.583. The average molecular weight is 512 g/mol. The van der Waals surface area contributed by atoms with Crippen molar-refractivity contribution in [2.75, 3.05) is 67.9 Å². The molecule has 0 aromatic heterocycles. The molecule has 1 N–H and O–H groups in total. The molecule has 2 aromatic carbocycles. The summed E-state index contributed by atoms with van der Waals surface area (Å²) in [6.07, 6.45) is 0.281. The second-order valence-electron chi connectivity index (χ2n) is 9.76. The maximum Gasteiger partial charge on any atom is 0.343 e. The van der Waals surface area contributed by atoms with Gasteiger partial charge in [-0.05, 0) is 25.1 Å². The van der Waals surface area contributed by atoms with Gasteiger partial charge in [0.05, 0.1) is 27.4 Å². The molecule has 2 atom stereocenters. The first-order valence-electron chi connectivity index (χ1n) is 12.7. The van der Waals surface area contributed by atoms with Gasteiger partial charge in [0.25, 0.3) is 0 Å². The van der Waals surface area contributed by atoms with Crippen LogP contribution in [0.3, 0.4) is 0 Å². The van der Waals surface area contributed by atoms with Crippen LogP contribution in [0.25, 0.3) is 0 Å². The van der Waals surface area contributed by atoms with Crippen LogP contribution in [-0.2, 0) is 17.7 Å². The molecule has 4 heterocycles. The van der Waals surface area contributed by atoms with Crippen LogP contribution in [0.15, 0.2) is 12.1 Å². The van der Waals surface area contributed by atoms with Gasteiger partial charge in [0.2, 0.25) is 12.5 Å². The van der Waals surface area contributed by atoms with E-state index in [1.165, 1.54) is 12.7 Å². The lowest BCUT2D eigenvalue weighted by Crippen LogP contribution is -2.43. The van der Waals surface area contributed by atoms with Crippen molar-refractivity contribution < 1.29 is 33.2 Å². The van der Waals surface area contributed by atoms with E-state index in [1.54, 1.807) is 14.2 Å². The summed E-state index contributed by atoms with van der Waals surface area (Å²) in [4.78, 5) is 17.9. The molecule has 2 aromatic rings. The maximum atomic E-state index is 13.2. The van der Waals surface area contributed by atoms with E-state index in [4.69, 9.17) is 28.4 Å². The van der Waals surface area contributed by atoms with Crippen molar-refractivity contribution >= 4 is 5.97 Å². The smallest absolute Gasteiger partial charge is 0.343 e. The Morgan fingerprint density at radius 1 is 1.00 bits per heavy atom. The van der Waals surface area contributed by atoms with Crippen molar-refractivity contribution in [3.05, 3.63) is 39.9 Å². The summed E-state index contributed by atoms with van der Waals surface area (Å²) in [6.45, 7) is 5.58. The fourth-order valence-corrected chi connectivity index (χ4v) is 6.18. The van der Waals surface area contributed by atoms with Crippen LogP contribution in [0.2, 0.25) is 0 Å². The molecule has 10 nitrogen and oxygen atoms in total. The van der Waals surface area contributed by atoms with Crippen LogP contribution in [0.5, 0.6) is 28.7 Å². The predicted octanol–water partition coefficient (Wildman–Crippen LogP) is 2.29. The molecule has 6 rings (SSSR count). The van der Waals surface area contributed by atoms with Crippen molar-refractivity contribution in [1.29, 1.82) is 0 Å². The number of methoxy groups -OCH3 is 3. The molecule has 0 unspecified atom stereocenters. The molecular formula is C27H33N3O7. The van der Waals surface area contributed by atoms with E-state index in [0.717, 1.165) is 68.1 Å². The zero-order chi connectivity index (χ0) is 25.7. The van der Waals surface area contributed by atoms with Crippen molar-refractivity contribution in [1.82, 2.24) is 15.1 Å². The van der Waals surface area contributed by atoms with Crippen molar-refractivity contribution in [2.24, 2.45) is 0 Å². The highest BCUT2D eigenvalue weighted by Crippen LogP contribution is 2.57. The average Bonchev–Trinajstić information content (AvgIpc) is 3.53. The van der Waals surface area contributed by atoms with E-state index < -0.39 is 12.1 Å². The number of nitrogens with one attached hydrogen (secondary N) is 1. The first-order valence-corrected chi connectivity index (χ1v) is 12.7. The number of nitrogens with zero attached hydrogens (tertiary/aromatic N) is 2. The van der Waals surface area contributed by atoms with E-state index in [0.29, 0.717) is 28.6 Å². The van der Waals surface area contributed by atoms with Gasteiger partial charge in [0.1, 0.15) is 11.7 Å². The molecule has 37 heavy (non-hydrogen) atoms. The third kappa shape index (κ3) is 3.77. The number of likely N-dealkylation sites (N-methyl/N-ethyl adjacent to an activating group) is 1. The Balaban J connectivity index is 1.51. The van der Waals surface area contributed by atoms with Crippen LogP contribution >= 0.6 is 0 Å². The van der Waals surface area contributed by atoms with Crippen molar-refractivity contribution in [3.63, 3.8) is 0 Å². The summed E-state index contributed by atoms with van der Waals surface area (Å²) in [6, 6.07) is 3.44. The second kappa shape index (κ2) is 9.59. The van der Waals surface area contributed by atoms with Crippen LogP contribution in [0.1, 0.15) is 44.8 Å². The van der Waals surface area contributed by atoms with E-state index in [2.05, 4.69) is 22.2 Å². The van der Waals surface area contributed by atoms with Gasteiger partial charge in [-0.1, -0.05) is 6.07 Å². The molecule has 0 bridgehead atoms. The van der Waals surface area contributed by atoms with Crippen LogP contribution in [0, 0.1) is 0 Å². The fourth-order valence-electron chi connectivity index (χ4n) is 6.18. The highest BCUT2D eigenvalue weighted by Gasteiger charge is 2.47. The van der Waals surface area contributed by atoms with Gasteiger partial charge in [-0.3, -0.25) is 9.80 Å². The first-order chi connectivity index (χ1) is 18.1. The van der Waals surface area contributed by atoms with E-state index >= 15 is 0 Å². The zero-order valence-corrected chi connectivity index (χ0v) is 21.7. The normalized spacial score (nSPS) is 22.9. The molecule has 1 fully saturated rings. The number of carbonyl (C=O) groups excluding carboxylic acids is 1. The number of fused-ring (bicyclic) bond motifs is 3. The lowest BCUT2D eigenvalue weighted by atomic mass is 9.83. The van der Waals surface area contributed by atoms with Crippen LogP contribution < -0.4 is 29.0 Å². The Kier molecular flexibility index (Phi) is 6.26. The maximum absolute atomic E-state index is 13.2. The molecule has 4 aliphatic heterocycles. The summed E-state index contributed by atoms with van der Waals surface area (Å²) in [5.74, 6) is 2.51. The molecule has 10 heteroatoms. The summed E-state index contributed by atoms with van der Waals surface area (Å²) in [5.41, 5.74) is 4.50. The molecule has 0 aliphatic carbocycles. The molecule has 0 spiro atoms. The van der Waals surface area contributed by atoms with Gasteiger partial charge in [-0.15, -0.1) is 0 Å². The molecular weight excluding hydrogens is 478 g/mol. The molecule has 198 valence electrons. The Hall–Kier alpha value is -3.21. The highest BCUT2D eigenvalue weighted by atomic mass is 16.7.